The predicted octanol–water partition coefficient (Wildman–Crippen LogP) is 2.43. The van der Waals surface area contributed by atoms with Crippen LogP contribution in [0.5, 0.6) is 0 Å². The van der Waals surface area contributed by atoms with Crippen LogP contribution in [0.4, 0.5) is 0 Å². The first kappa shape index (κ1) is 12.8. The van der Waals surface area contributed by atoms with Crippen LogP contribution in [0.1, 0.15) is 15.3 Å². The van der Waals surface area contributed by atoms with Crippen LogP contribution in [-0.2, 0) is 15.1 Å². The Bertz CT molecular complexity index is 550. The number of carbonyl (C=O) groups excluding carboxylic acids is 1. The molecule has 2 N–H and O–H groups in total. The van der Waals surface area contributed by atoms with Crippen molar-refractivity contribution in [3.05, 3.63) is 57.8 Å². The second-order valence-electron chi connectivity index (χ2n) is 4.08. The molecule has 0 saturated carbocycles. The van der Waals surface area contributed by atoms with E-state index < -0.39 is 11.5 Å². The molecule has 3 nitrogen and oxygen atoms in total. The van der Waals surface area contributed by atoms with Crippen molar-refractivity contribution < 1.29 is 9.53 Å². The topological polar surface area (TPSA) is 52.3 Å². The van der Waals surface area contributed by atoms with Crippen molar-refractivity contribution in [1.29, 1.82) is 0 Å². The van der Waals surface area contributed by atoms with Crippen molar-refractivity contribution in [2.24, 2.45) is 5.73 Å². The number of methoxy groups -OCH3 is 1. The number of thiophene rings is 1. The third-order valence-corrected chi connectivity index (χ3v) is 4.00. The van der Waals surface area contributed by atoms with Gasteiger partial charge in [0.15, 0.2) is 5.54 Å². The highest BCUT2D eigenvalue weighted by atomic mass is 32.1. The van der Waals surface area contributed by atoms with Gasteiger partial charge in [-0.15, -0.1) is 11.3 Å². The molecule has 1 heterocycles. The summed E-state index contributed by atoms with van der Waals surface area (Å²) in [6.07, 6.45) is 0. The zero-order valence-corrected chi connectivity index (χ0v) is 11.2. The molecule has 1 unspecified atom stereocenters. The van der Waals surface area contributed by atoms with Gasteiger partial charge >= 0.3 is 5.97 Å². The fourth-order valence-electron chi connectivity index (χ4n) is 1.87. The highest BCUT2D eigenvalue weighted by Gasteiger charge is 2.40. The van der Waals surface area contributed by atoms with Gasteiger partial charge in [0.1, 0.15) is 0 Å². The first-order valence-corrected chi connectivity index (χ1v) is 6.40. The van der Waals surface area contributed by atoms with E-state index in [1.807, 2.05) is 49.4 Å². The third kappa shape index (κ3) is 2.05. The van der Waals surface area contributed by atoms with E-state index in [1.54, 1.807) is 0 Å². The Morgan fingerprint density at radius 1 is 1.22 bits per heavy atom. The average Bonchev–Trinajstić information content (AvgIpc) is 2.85. The van der Waals surface area contributed by atoms with Gasteiger partial charge in [-0.2, -0.15) is 0 Å². The van der Waals surface area contributed by atoms with Gasteiger partial charge in [-0.1, -0.05) is 30.3 Å². The predicted molar refractivity (Wildman–Crippen MR) is 72.5 cm³/mol. The van der Waals surface area contributed by atoms with E-state index in [0.717, 1.165) is 15.3 Å². The molecule has 0 fully saturated rings. The van der Waals surface area contributed by atoms with E-state index in [9.17, 15) is 4.79 Å². The first-order valence-electron chi connectivity index (χ1n) is 5.58. The van der Waals surface area contributed by atoms with Gasteiger partial charge in [-0.3, -0.25) is 0 Å². The molecule has 1 atom stereocenters. The van der Waals surface area contributed by atoms with Crippen LogP contribution in [0.2, 0.25) is 0 Å². The summed E-state index contributed by atoms with van der Waals surface area (Å²) in [5.41, 5.74) is 5.85. The Kier molecular flexibility index (Phi) is 3.50. The molecule has 0 bridgehead atoms. The fourth-order valence-corrected chi connectivity index (χ4v) is 2.85. The van der Waals surface area contributed by atoms with Crippen LogP contribution in [0.25, 0.3) is 0 Å². The van der Waals surface area contributed by atoms with Crippen molar-refractivity contribution in [2.75, 3.05) is 7.11 Å². The molecule has 1 aromatic heterocycles. The molecule has 18 heavy (non-hydrogen) atoms. The zero-order valence-electron chi connectivity index (χ0n) is 10.3. The number of carbonyl (C=O) groups is 1. The largest absolute Gasteiger partial charge is 0.467 e. The molecule has 2 rings (SSSR count). The maximum absolute atomic E-state index is 12.1. The Morgan fingerprint density at radius 3 is 2.39 bits per heavy atom. The summed E-state index contributed by atoms with van der Waals surface area (Å²) in [6, 6.07) is 13.1. The number of hydrogen-bond donors (Lipinski definition) is 1. The lowest BCUT2D eigenvalue weighted by Gasteiger charge is -2.25. The van der Waals surface area contributed by atoms with Gasteiger partial charge in [-0.25, -0.2) is 4.79 Å². The molecule has 0 aliphatic heterocycles. The molecule has 2 aromatic rings. The van der Waals surface area contributed by atoms with Crippen molar-refractivity contribution in [3.63, 3.8) is 0 Å². The smallest absolute Gasteiger partial charge is 0.336 e. The monoisotopic (exact) mass is 261 g/mol. The maximum Gasteiger partial charge on any atom is 0.336 e. The number of rotatable bonds is 3. The molecule has 0 aliphatic rings. The van der Waals surface area contributed by atoms with Crippen LogP contribution in [0.15, 0.2) is 42.5 Å². The number of benzene rings is 1. The van der Waals surface area contributed by atoms with Crippen molar-refractivity contribution in [1.82, 2.24) is 0 Å². The lowest BCUT2D eigenvalue weighted by Crippen LogP contribution is -2.46. The van der Waals surface area contributed by atoms with E-state index in [0.29, 0.717) is 0 Å². The highest BCUT2D eigenvalue weighted by molar-refractivity contribution is 7.12. The van der Waals surface area contributed by atoms with Gasteiger partial charge in [-0.05, 0) is 24.6 Å². The number of ether oxygens (including phenoxy) is 1. The summed E-state index contributed by atoms with van der Waals surface area (Å²) in [5.74, 6) is -0.449. The summed E-state index contributed by atoms with van der Waals surface area (Å²) in [7, 11) is 1.35. The number of esters is 1. The summed E-state index contributed by atoms with van der Waals surface area (Å²) in [4.78, 5) is 14.0. The number of aryl methyl sites for hydroxylation is 1. The second-order valence-corrected chi connectivity index (χ2v) is 5.36. The van der Waals surface area contributed by atoms with E-state index in [-0.39, 0.29) is 0 Å². The van der Waals surface area contributed by atoms with Gasteiger partial charge in [0.05, 0.1) is 7.11 Å². The minimum Gasteiger partial charge on any atom is -0.467 e. The van der Waals surface area contributed by atoms with E-state index in [2.05, 4.69) is 0 Å². The lowest BCUT2D eigenvalue weighted by atomic mass is 9.89. The van der Waals surface area contributed by atoms with Gasteiger partial charge in [0.25, 0.3) is 0 Å². The van der Waals surface area contributed by atoms with Crippen LogP contribution in [0, 0.1) is 6.92 Å². The van der Waals surface area contributed by atoms with E-state index in [4.69, 9.17) is 10.5 Å². The Morgan fingerprint density at radius 2 is 1.89 bits per heavy atom. The van der Waals surface area contributed by atoms with Crippen LogP contribution >= 0.6 is 11.3 Å². The summed E-state index contributed by atoms with van der Waals surface area (Å²) < 4.78 is 4.88. The van der Waals surface area contributed by atoms with E-state index in [1.165, 1.54) is 18.4 Å². The van der Waals surface area contributed by atoms with Crippen molar-refractivity contribution >= 4 is 17.3 Å². The molecular weight excluding hydrogens is 246 g/mol. The normalized spacial score (nSPS) is 13.9. The number of hydrogen-bond acceptors (Lipinski definition) is 4. The number of nitrogens with two attached hydrogens (primary N) is 1. The molecule has 1 aromatic carbocycles. The summed E-state index contributed by atoms with van der Waals surface area (Å²) >= 11 is 1.51. The average molecular weight is 261 g/mol. The molecule has 0 amide bonds. The zero-order chi connectivity index (χ0) is 13.2. The van der Waals surface area contributed by atoms with Crippen molar-refractivity contribution in [2.45, 2.75) is 12.5 Å². The highest BCUT2D eigenvalue weighted by Crippen LogP contribution is 2.33. The Hall–Kier alpha value is -1.65. The fraction of sp³-hybridized carbons (Fsp3) is 0.214. The Balaban J connectivity index is 2.58. The van der Waals surface area contributed by atoms with E-state index >= 15 is 0 Å². The Labute approximate surface area is 110 Å². The molecule has 0 aliphatic carbocycles. The molecular formula is C14H15NO2S. The lowest BCUT2D eigenvalue weighted by molar-refractivity contribution is -0.145. The maximum atomic E-state index is 12.1. The van der Waals surface area contributed by atoms with Gasteiger partial charge < -0.3 is 10.5 Å². The summed E-state index contributed by atoms with van der Waals surface area (Å²) in [6.45, 7) is 1.98. The minimum atomic E-state index is -1.23. The SMILES string of the molecule is COC(=O)C(N)(c1ccccc1)c1ccc(C)s1. The molecule has 0 radical (unpaired) electrons. The van der Waals surface area contributed by atoms with Crippen molar-refractivity contribution in [3.8, 4) is 0 Å². The minimum absolute atomic E-state index is 0.449. The second kappa shape index (κ2) is 4.92. The standard InChI is InChI=1S/C14H15NO2S/c1-10-8-9-12(18-10)14(15,13(16)17-2)11-6-4-3-5-7-11/h3-9H,15H2,1-2H3. The molecule has 0 saturated heterocycles. The third-order valence-electron chi connectivity index (χ3n) is 2.87. The van der Waals surface area contributed by atoms with Gasteiger partial charge in [0.2, 0.25) is 0 Å². The van der Waals surface area contributed by atoms with Crippen LogP contribution in [-0.4, -0.2) is 13.1 Å². The molecule has 0 spiro atoms. The van der Waals surface area contributed by atoms with Crippen LogP contribution < -0.4 is 5.73 Å². The first-order chi connectivity index (χ1) is 8.59. The van der Waals surface area contributed by atoms with Crippen LogP contribution in [0.3, 0.4) is 0 Å². The van der Waals surface area contributed by atoms with Gasteiger partial charge in [0, 0.05) is 9.75 Å². The molecule has 94 valence electrons. The quantitative estimate of drug-likeness (QED) is 0.863. The summed E-state index contributed by atoms with van der Waals surface area (Å²) in [5, 5.41) is 0. The molecule has 4 heteroatoms.